The molecular formula is C10H8FNO6. The number of hydrogen-bond donors (Lipinski definition) is 0. The van der Waals surface area contributed by atoms with Gasteiger partial charge in [0.25, 0.3) is 0 Å². The fourth-order valence-corrected chi connectivity index (χ4v) is 1.60. The van der Waals surface area contributed by atoms with Crippen molar-refractivity contribution in [2.45, 2.75) is 0 Å². The number of carbonyl (C=O) groups is 1. The predicted octanol–water partition coefficient (Wildman–Crippen LogP) is 1.29. The van der Waals surface area contributed by atoms with Crippen LogP contribution >= 0.6 is 0 Å². The van der Waals surface area contributed by atoms with E-state index in [0.717, 1.165) is 7.11 Å². The zero-order valence-corrected chi connectivity index (χ0v) is 9.27. The van der Waals surface area contributed by atoms with Gasteiger partial charge in [-0.2, -0.15) is 4.39 Å². The Morgan fingerprint density at radius 2 is 2.06 bits per heavy atom. The molecule has 0 saturated carbocycles. The molecule has 18 heavy (non-hydrogen) atoms. The molecule has 1 aromatic carbocycles. The Labute approximate surface area is 100 Å². The standard InChI is InChI=1S/C10H8FNO6/c1-16-10(13)5-4-6(11)7(12(14)15)9-8(5)17-2-3-18-9/h4H,2-3H2,1H3. The molecule has 0 atom stereocenters. The van der Waals surface area contributed by atoms with Crippen molar-refractivity contribution in [2.75, 3.05) is 20.3 Å². The van der Waals surface area contributed by atoms with Crippen LogP contribution in [0.4, 0.5) is 10.1 Å². The van der Waals surface area contributed by atoms with Gasteiger partial charge in [0, 0.05) is 0 Å². The van der Waals surface area contributed by atoms with Crippen molar-refractivity contribution in [3.05, 3.63) is 27.6 Å². The maximum absolute atomic E-state index is 13.6. The number of fused-ring (bicyclic) bond motifs is 1. The minimum Gasteiger partial charge on any atom is -0.485 e. The van der Waals surface area contributed by atoms with E-state index in [4.69, 9.17) is 9.47 Å². The zero-order chi connectivity index (χ0) is 13.3. The van der Waals surface area contributed by atoms with E-state index >= 15 is 0 Å². The van der Waals surface area contributed by atoms with Gasteiger partial charge in [-0.15, -0.1) is 0 Å². The van der Waals surface area contributed by atoms with Gasteiger partial charge in [0.1, 0.15) is 18.8 Å². The van der Waals surface area contributed by atoms with Gasteiger partial charge in [-0.25, -0.2) is 4.79 Å². The normalized spacial score (nSPS) is 13.0. The van der Waals surface area contributed by atoms with Crippen molar-refractivity contribution in [2.24, 2.45) is 0 Å². The molecule has 1 aliphatic rings. The molecule has 7 nitrogen and oxygen atoms in total. The van der Waals surface area contributed by atoms with Crippen molar-refractivity contribution < 1.29 is 28.3 Å². The highest BCUT2D eigenvalue weighted by molar-refractivity contribution is 5.94. The number of halogens is 1. The maximum atomic E-state index is 13.6. The summed E-state index contributed by atoms with van der Waals surface area (Å²) in [5.74, 6) is -2.58. The summed E-state index contributed by atoms with van der Waals surface area (Å²) in [6.07, 6.45) is 0. The summed E-state index contributed by atoms with van der Waals surface area (Å²) < 4.78 is 28.2. The molecule has 0 aromatic heterocycles. The monoisotopic (exact) mass is 257 g/mol. The van der Waals surface area contributed by atoms with Crippen LogP contribution in [-0.2, 0) is 4.74 Å². The molecule has 0 unspecified atom stereocenters. The van der Waals surface area contributed by atoms with Gasteiger partial charge >= 0.3 is 11.7 Å². The lowest BCUT2D eigenvalue weighted by Crippen LogP contribution is -2.20. The third-order valence-corrected chi connectivity index (χ3v) is 2.33. The van der Waals surface area contributed by atoms with Gasteiger partial charge in [-0.05, 0) is 6.07 Å². The summed E-state index contributed by atoms with van der Waals surface area (Å²) in [7, 11) is 1.11. The first kappa shape index (κ1) is 12.1. The highest BCUT2D eigenvalue weighted by Gasteiger charge is 2.33. The van der Waals surface area contributed by atoms with Crippen LogP contribution in [0.5, 0.6) is 11.5 Å². The Morgan fingerprint density at radius 1 is 1.44 bits per heavy atom. The van der Waals surface area contributed by atoms with E-state index in [-0.39, 0.29) is 30.3 Å². The molecule has 96 valence electrons. The Balaban J connectivity index is 2.69. The van der Waals surface area contributed by atoms with Crippen LogP contribution in [0.15, 0.2) is 6.07 Å². The molecule has 0 saturated heterocycles. The fourth-order valence-electron chi connectivity index (χ4n) is 1.60. The summed E-state index contributed by atoms with van der Waals surface area (Å²) in [4.78, 5) is 21.3. The molecule has 8 heteroatoms. The van der Waals surface area contributed by atoms with Gasteiger partial charge in [0.15, 0.2) is 5.75 Å². The highest BCUT2D eigenvalue weighted by Crippen LogP contribution is 2.43. The van der Waals surface area contributed by atoms with Gasteiger partial charge < -0.3 is 14.2 Å². The summed E-state index contributed by atoms with van der Waals surface area (Å²) >= 11 is 0. The molecule has 0 aliphatic carbocycles. The zero-order valence-electron chi connectivity index (χ0n) is 9.27. The van der Waals surface area contributed by atoms with E-state index in [0.29, 0.717) is 6.07 Å². The minimum absolute atomic E-state index is 0.0396. The molecule has 0 spiro atoms. The first-order valence-corrected chi connectivity index (χ1v) is 4.91. The quantitative estimate of drug-likeness (QED) is 0.450. The molecule has 0 bridgehead atoms. The third kappa shape index (κ3) is 1.81. The van der Waals surface area contributed by atoms with E-state index in [2.05, 4.69) is 4.74 Å². The van der Waals surface area contributed by atoms with Crippen LogP contribution in [-0.4, -0.2) is 31.2 Å². The fraction of sp³-hybridized carbons (Fsp3) is 0.300. The molecular weight excluding hydrogens is 249 g/mol. The van der Waals surface area contributed by atoms with Gasteiger partial charge in [-0.1, -0.05) is 0 Å². The number of nitro benzene ring substituents is 1. The maximum Gasteiger partial charge on any atom is 0.350 e. The largest absolute Gasteiger partial charge is 0.485 e. The first-order valence-electron chi connectivity index (χ1n) is 4.91. The average Bonchev–Trinajstić information content (AvgIpc) is 2.36. The summed E-state index contributed by atoms with van der Waals surface area (Å²) in [6.45, 7) is 0.150. The van der Waals surface area contributed by atoms with E-state index in [1.807, 2.05) is 0 Å². The number of methoxy groups -OCH3 is 1. The summed E-state index contributed by atoms with van der Waals surface area (Å²) in [6, 6.07) is 0.706. The lowest BCUT2D eigenvalue weighted by molar-refractivity contribution is -0.388. The number of ether oxygens (including phenoxy) is 3. The average molecular weight is 257 g/mol. The van der Waals surface area contributed by atoms with E-state index in [1.165, 1.54) is 0 Å². The second-order valence-electron chi connectivity index (χ2n) is 3.36. The van der Waals surface area contributed by atoms with Crippen molar-refractivity contribution in [1.82, 2.24) is 0 Å². The lowest BCUT2D eigenvalue weighted by atomic mass is 10.1. The van der Waals surface area contributed by atoms with Gasteiger partial charge in [0.2, 0.25) is 11.6 Å². The van der Waals surface area contributed by atoms with Crippen LogP contribution in [0, 0.1) is 15.9 Å². The molecule has 0 N–H and O–H groups in total. The Kier molecular flexibility index (Phi) is 3.00. The van der Waals surface area contributed by atoms with Crippen LogP contribution in [0.25, 0.3) is 0 Å². The topological polar surface area (TPSA) is 87.9 Å². The number of nitrogens with zero attached hydrogens (tertiary/aromatic N) is 1. The lowest BCUT2D eigenvalue weighted by Gasteiger charge is -2.20. The molecule has 2 rings (SSSR count). The summed E-state index contributed by atoms with van der Waals surface area (Å²) in [5, 5.41) is 10.8. The van der Waals surface area contributed by atoms with E-state index in [9.17, 15) is 19.3 Å². The molecule has 1 heterocycles. The Morgan fingerprint density at radius 3 is 2.61 bits per heavy atom. The molecule has 0 fully saturated rings. The third-order valence-electron chi connectivity index (χ3n) is 2.33. The highest BCUT2D eigenvalue weighted by atomic mass is 19.1. The van der Waals surface area contributed by atoms with Crippen molar-refractivity contribution >= 4 is 11.7 Å². The van der Waals surface area contributed by atoms with Crippen molar-refractivity contribution in [3.8, 4) is 11.5 Å². The Bertz CT molecular complexity index is 530. The van der Waals surface area contributed by atoms with Crippen LogP contribution in [0.2, 0.25) is 0 Å². The number of esters is 1. The van der Waals surface area contributed by atoms with E-state index in [1.54, 1.807) is 0 Å². The Hall–Kier alpha value is -2.38. The number of carbonyl (C=O) groups excluding carboxylic acids is 1. The number of rotatable bonds is 2. The van der Waals surface area contributed by atoms with Gasteiger partial charge in [-0.3, -0.25) is 10.1 Å². The molecule has 1 aliphatic heterocycles. The van der Waals surface area contributed by atoms with Gasteiger partial charge in [0.05, 0.1) is 12.0 Å². The van der Waals surface area contributed by atoms with Crippen molar-refractivity contribution in [1.29, 1.82) is 0 Å². The molecule has 1 aromatic rings. The van der Waals surface area contributed by atoms with Crippen molar-refractivity contribution in [3.63, 3.8) is 0 Å². The predicted molar refractivity (Wildman–Crippen MR) is 55.4 cm³/mol. The number of benzene rings is 1. The van der Waals surface area contributed by atoms with Crippen LogP contribution in [0.3, 0.4) is 0 Å². The SMILES string of the molecule is COC(=O)c1cc(F)c([N+](=O)[O-])c2c1OCCO2. The first-order chi connectivity index (χ1) is 8.56. The summed E-state index contributed by atoms with van der Waals surface area (Å²) in [5.41, 5.74) is -1.09. The van der Waals surface area contributed by atoms with E-state index < -0.39 is 22.4 Å². The van der Waals surface area contributed by atoms with Crippen LogP contribution in [0.1, 0.15) is 10.4 Å². The number of nitro groups is 1. The smallest absolute Gasteiger partial charge is 0.350 e. The molecule has 0 radical (unpaired) electrons. The van der Waals surface area contributed by atoms with Crippen LogP contribution < -0.4 is 9.47 Å². The second-order valence-corrected chi connectivity index (χ2v) is 3.36. The minimum atomic E-state index is -1.18. The number of hydrogen-bond acceptors (Lipinski definition) is 6. The second kappa shape index (κ2) is 4.47. The molecule has 0 amide bonds.